The minimum atomic E-state index is -0.467. The van der Waals surface area contributed by atoms with E-state index in [0.717, 1.165) is 21.0 Å². The number of furan rings is 1. The molecule has 0 unspecified atom stereocenters. The van der Waals surface area contributed by atoms with Gasteiger partial charge in [-0.15, -0.1) is 10.2 Å². The summed E-state index contributed by atoms with van der Waals surface area (Å²) in [6.45, 7) is 0. The molecule has 102 valence electrons. The molecular weight excluding hydrogens is 296 g/mol. The number of benzene rings is 1. The summed E-state index contributed by atoms with van der Waals surface area (Å²) in [5.41, 5.74) is 3.52. The summed E-state index contributed by atoms with van der Waals surface area (Å²) in [7, 11) is 1.33. The maximum Gasteiger partial charge on any atom is 0.373 e. The largest absolute Gasteiger partial charge is 0.463 e. The highest BCUT2D eigenvalue weighted by Crippen LogP contribution is 2.27. The highest BCUT2D eigenvalue weighted by atomic mass is 32.2. The lowest BCUT2D eigenvalue weighted by atomic mass is 10.2. The molecule has 0 aliphatic heterocycles. The lowest BCUT2D eigenvalue weighted by Gasteiger charge is -1.98. The average molecular weight is 306 g/mol. The van der Waals surface area contributed by atoms with Crippen molar-refractivity contribution < 1.29 is 13.9 Å². The molecule has 3 aromatic rings. The predicted molar refractivity (Wildman–Crippen MR) is 77.0 cm³/mol. The number of methoxy groups -OCH3 is 1. The van der Waals surface area contributed by atoms with Gasteiger partial charge in [-0.3, -0.25) is 0 Å². The second-order valence-electron chi connectivity index (χ2n) is 3.97. The van der Waals surface area contributed by atoms with Gasteiger partial charge in [0.2, 0.25) is 5.76 Å². The Hall–Kier alpha value is -1.86. The van der Waals surface area contributed by atoms with Crippen molar-refractivity contribution in [1.29, 1.82) is 0 Å². The third kappa shape index (κ3) is 2.68. The zero-order valence-electron chi connectivity index (χ0n) is 10.5. The molecule has 0 fully saturated rings. The number of carbonyl (C=O) groups excluding carboxylic acids is 1. The molecule has 2 heterocycles. The van der Waals surface area contributed by atoms with Crippen LogP contribution >= 0.6 is 23.1 Å². The van der Waals surface area contributed by atoms with Gasteiger partial charge in [0.05, 0.1) is 7.11 Å². The first-order valence-corrected chi connectivity index (χ1v) is 7.62. The predicted octanol–water partition coefficient (Wildman–Crippen LogP) is 3.36. The smallest absolute Gasteiger partial charge is 0.373 e. The first-order chi connectivity index (χ1) is 9.76. The molecule has 2 aromatic heterocycles. The van der Waals surface area contributed by atoms with Gasteiger partial charge < -0.3 is 9.15 Å². The molecule has 0 aliphatic carbocycles. The van der Waals surface area contributed by atoms with E-state index < -0.39 is 5.97 Å². The summed E-state index contributed by atoms with van der Waals surface area (Å²) in [6, 6.07) is 7.53. The van der Waals surface area contributed by atoms with Crippen LogP contribution in [0.5, 0.6) is 0 Å². The first-order valence-electron chi connectivity index (χ1n) is 5.76. The van der Waals surface area contributed by atoms with Crippen LogP contribution in [0.2, 0.25) is 0 Å². The maximum atomic E-state index is 11.4. The number of nitrogens with zero attached hydrogens (tertiary/aromatic N) is 2. The van der Waals surface area contributed by atoms with Crippen molar-refractivity contribution in [2.45, 2.75) is 10.1 Å². The summed E-state index contributed by atoms with van der Waals surface area (Å²) < 4.78 is 11.0. The number of ether oxygens (including phenoxy) is 1. The van der Waals surface area contributed by atoms with Crippen molar-refractivity contribution in [2.75, 3.05) is 7.11 Å². The van der Waals surface area contributed by atoms with Crippen LogP contribution in [0.3, 0.4) is 0 Å². The van der Waals surface area contributed by atoms with E-state index in [9.17, 15) is 4.79 Å². The lowest BCUT2D eigenvalue weighted by molar-refractivity contribution is 0.0567. The van der Waals surface area contributed by atoms with Crippen molar-refractivity contribution in [3.05, 3.63) is 41.1 Å². The Labute approximate surface area is 123 Å². The van der Waals surface area contributed by atoms with Gasteiger partial charge in [0.15, 0.2) is 4.34 Å². The summed E-state index contributed by atoms with van der Waals surface area (Å²) in [5, 5.41) is 8.67. The Morgan fingerprint density at radius 2 is 2.35 bits per heavy atom. The van der Waals surface area contributed by atoms with Gasteiger partial charge in [-0.25, -0.2) is 4.79 Å². The second-order valence-corrected chi connectivity index (χ2v) is 6.02. The molecular formula is C13H10N2O3S2. The van der Waals surface area contributed by atoms with E-state index >= 15 is 0 Å². The molecule has 0 aliphatic rings. The van der Waals surface area contributed by atoms with Crippen LogP contribution in [0, 0.1) is 0 Å². The molecule has 1 aromatic carbocycles. The Morgan fingerprint density at radius 1 is 1.45 bits per heavy atom. The van der Waals surface area contributed by atoms with Crippen molar-refractivity contribution in [2.24, 2.45) is 0 Å². The SMILES string of the molecule is COC(=O)c1cc2cc(CSc3nncs3)ccc2o1. The quantitative estimate of drug-likeness (QED) is 0.544. The maximum absolute atomic E-state index is 11.4. The summed E-state index contributed by atoms with van der Waals surface area (Å²) in [4.78, 5) is 11.4. The third-order valence-electron chi connectivity index (χ3n) is 2.67. The standard InChI is InChI=1S/C13H10N2O3S2/c1-17-12(16)11-5-9-4-8(2-3-10(9)18-11)6-19-13-15-14-7-20-13/h2-5,7H,6H2,1H3. The summed E-state index contributed by atoms with van der Waals surface area (Å²) in [5.74, 6) is 0.548. The van der Waals surface area contributed by atoms with Crippen molar-refractivity contribution in [3.8, 4) is 0 Å². The number of hydrogen-bond donors (Lipinski definition) is 0. The number of rotatable bonds is 4. The van der Waals surface area contributed by atoms with Crippen molar-refractivity contribution >= 4 is 40.0 Å². The molecule has 0 saturated carbocycles. The van der Waals surface area contributed by atoms with Gasteiger partial charge in [-0.1, -0.05) is 29.2 Å². The van der Waals surface area contributed by atoms with Gasteiger partial charge in [0.1, 0.15) is 11.1 Å². The highest BCUT2D eigenvalue weighted by molar-refractivity contribution is 8.00. The molecule has 0 radical (unpaired) electrons. The van der Waals surface area contributed by atoms with E-state index in [2.05, 4.69) is 14.9 Å². The molecule has 20 heavy (non-hydrogen) atoms. The minimum absolute atomic E-state index is 0.219. The van der Waals surface area contributed by atoms with E-state index in [1.54, 1.807) is 23.3 Å². The van der Waals surface area contributed by atoms with Gasteiger partial charge in [-0.05, 0) is 23.8 Å². The van der Waals surface area contributed by atoms with E-state index in [0.29, 0.717) is 5.58 Å². The fourth-order valence-electron chi connectivity index (χ4n) is 1.75. The second kappa shape index (κ2) is 5.64. The van der Waals surface area contributed by atoms with Gasteiger partial charge in [-0.2, -0.15) is 0 Å². The molecule has 3 rings (SSSR count). The summed E-state index contributed by atoms with van der Waals surface area (Å²) in [6.07, 6.45) is 0. The molecule has 0 spiro atoms. The topological polar surface area (TPSA) is 65.2 Å². The van der Waals surface area contributed by atoms with Crippen LogP contribution in [0.25, 0.3) is 11.0 Å². The zero-order valence-corrected chi connectivity index (χ0v) is 12.2. The van der Waals surface area contributed by atoms with Crippen LogP contribution in [-0.2, 0) is 10.5 Å². The molecule has 5 nitrogen and oxygen atoms in total. The molecule has 0 atom stereocenters. The number of fused-ring (bicyclic) bond motifs is 1. The highest BCUT2D eigenvalue weighted by Gasteiger charge is 2.12. The molecule has 7 heteroatoms. The molecule has 0 amide bonds. The minimum Gasteiger partial charge on any atom is -0.463 e. The van der Waals surface area contributed by atoms with Gasteiger partial charge in [0, 0.05) is 11.1 Å². The van der Waals surface area contributed by atoms with Crippen LogP contribution < -0.4 is 0 Å². The lowest BCUT2D eigenvalue weighted by Crippen LogP contribution is -1.97. The molecule has 0 bridgehead atoms. The Bertz CT molecular complexity index is 737. The fraction of sp³-hybridized carbons (Fsp3) is 0.154. The van der Waals surface area contributed by atoms with E-state index in [1.165, 1.54) is 18.4 Å². The monoisotopic (exact) mass is 306 g/mol. The van der Waals surface area contributed by atoms with E-state index in [-0.39, 0.29) is 5.76 Å². The van der Waals surface area contributed by atoms with Gasteiger partial charge in [0.25, 0.3) is 0 Å². The van der Waals surface area contributed by atoms with E-state index in [4.69, 9.17) is 4.42 Å². The molecule has 0 N–H and O–H groups in total. The third-order valence-corrected chi connectivity index (χ3v) is 4.60. The van der Waals surface area contributed by atoms with Crippen LogP contribution in [0.4, 0.5) is 0 Å². The van der Waals surface area contributed by atoms with Crippen LogP contribution in [0.1, 0.15) is 16.1 Å². The fourth-order valence-corrected chi connectivity index (χ4v) is 3.19. The Morgan fingerprint density at radius 3 is 3.10 bits per heavy atom. The number of hydrogen-bond acceptors (Lipinski definition) is 7. The number of thioether (sulfide) groups is 1. The van der Waals surface area contributed by atoms with Crippen LogP contribution in [0.15, 0.2) is 38.5 Å². The Kier molecular flexibility index (Phi) is 3.70. The normalized spacial score (nSPS) is 10.8. The van der Waals surface area contributed by atoms with Crippen molar-refractivity contribution in [3.63, 3.8) is 0 Å². The Balaban J connectivity index is 1.81. The van der Waals surface area contributed by atoms with E-state index in [1.807, 2.05) is 18.2 Å². The zero-order chi connectivity index (χ0) is 13.9. The average Bonchev–Trinajstić information content (AvgIpc) is 3.12. The summed E-state index contributed by atoms with van der Waals surface area (Å²) >= 11 is 3.15. The number of carbonyl (C=O) groups is 1. The van der Waals surface area contributed by atoms with Crippen molar-refractivity contribution in [1.82, 2.24) is 10.2 Å². The number of aromatic nitrogens is 2. The molecule has 0 saturated heterocycles. The number of esters is 1. The van der Waals surface area contributed by atoms with Gasteiger partial charge >= 0.3 is 5.97 Å². The van der Waals surface area contributed by atoms with Crippen LogP contribution in [-0.4, -0.2) is 23.3 Å². The first kappa shape index (κ1) is 13.1.